The molecule has 3 heterocycles. The second kappa shape index (κ2) is 46.0. The van der Waals surface area contributed by atoms with Gasteiger partial charge < -0.3 is 135 Å². The monoisotopic (exact) mass is 1370 g/mol. The van der Waals surface area contributed by atoms with Gasteiger partial charge in [-0.05, 0) is 71.6 Å². The molecule has 18 atom stereocenters. The molecule has 0 spiro atoms. The number of phosphoric ester groups is 3. The summed E-state index contributed by atoms with van der Waals surface area (Å²) in [7, 11) is -13.9. The smallest absolute Gasteiger partial charge is 0.267 e. The van der Waals surface area contributed by atoms with E-state index in [0.29, 0.717) is 77.0 Å². The van der Waals surface area contributed by atoms with Gasteiger partial charge in [-0.25, -0.2) is 0 Å². The van der Waals surface area contributed by atoms with Crippen LogP contribution >= 0.6 is 23.5 Å². The lowest BCUT2D eigenvalue weighted by Crippen LogP contribution is -2.55. The molecular formula is C56H108O31P3-3. The van der Waals surface area contributed by atoms with Crippen molar-refractivity contribution >= 4 is 23.5 Å². The van der Waals surface area contributed by atoms with Crippen molar-refractivity contribution in [3.63, 3.8) is 0 Å². The molecule has 9 unspecified atom stereocenters. The minimum absolute atomic E-state index is 0.0137. The summed E-state index contributed by atoms with van der Waals surface area (Å²) in [6.45, 7) is 7.21. The van der Waals surface area contributed by atoms with Crippen molar-refractivity contribution in [3.8, 4) is 0 Å². The maximum absolute atomic E-state index is 12.5. The number of hydrogen-bond acceptors (Lipinski definition) is 31. The SMILES string of the molecule is CC(C)OCC(COCCCOP(=O)([O-])OCCCCCCO[C@@H]1OC(CO)[C@H](O)[C@H](O)C1C)(COCCCOP(=O)([O-])OCCCCCCO[C@@H]1OC(CO)[C@H](O)[C@H](O)C1C)COCCCOP(=O)([O-])OCCCCCCO[C@@H]1OC(CO)[C@H](O)[C@H](O)C1C. The summed E-state index contributed by atoms with van der Waals surface area (Å²) in [5, 5.41) is 89.0. The van der Waals surface area contributed by atoms with Crippen LogP contribution in [0.25, 0.3) is 0 Å². The van der Waals surface area contributed by atoms with E-state index in [1.165, 1.54) is 0 Å². The first-order valence-corrected chi connectivity index (χ1v) is 36.1. The average Bonchev–Trinajstić information content (AvgIpc) is 3.39. The van der Waals surface area contributed by atoms with Gasteiger partial charge in [0.1, 0.15) is 36.6 Å². The third-order valence-corrected chi connectivity index (χ3v) is 18.3. The van der Waals surface area contributed by atoms with Gasteiger partial charge in [-0.15, -0.1) is 0 Å². The molecule has 9 N–H and O–H groups in total. The van der Waals surface area contributed by atoms with Gasteiger partial charge in [-0.1, -0.05) is 59.3 Å². The lowest BCUT2D eigenvalue weighted by molar-refractivity contribution is -0.282. The summed E-state index contributed by atoms with van der Waals surface area (Å²) in [5.74, 6) is -1.54. The highest BCUT2D eigenvalue weighted by Crippen LogP contribution is 2.41. The molecule has 90 heavy (non-hydrogen) atoms. The molecule has 0 aromatic carbocycles. The molecule has 0 amide bonds. The Morgan fingerprint density at radius 1 is 0.367 bits per heavy atom. The Balaban J connectivity index is 1.40. The van der Waals surface area contributed by atoms with Crippen molar-refractivity contribution in [1.29, 1.82) is 0 Å². The molecular weight excluding hydrogens is 1260 g/mol. The topological polar surface area (TPSA) is 450 Å². The van der Waals surface area contributed by atoms with E-state index in [4.69, 9.17) is 74.5 Å². The van der Waals surface area contributed by atoms with Gasteiger partial charge in [-0.3, -0.25) is 13.7 Å². The first-order chi connectivity index (χ1) is 42.8. The fourth-order valence-electron chi connectivity index (χ4n) is 9.62. The second-order valence-corrected chi connectivity index (χ2v) is 27.7. The molecule has 3 aliphatic rings. The first kappa shape index (κ1) is 83.8. The Labute approximate surface area is 530 Å². The number of aliphatic hydroxyl groups is 9. The maximum atomic E-state index is 12.5. The Kier molecular flexibility index (Phi) is 42.8. The summed E-state index contributed by atoms with van der Waals surface area (Å²) in [6, 6.07) is 0. The largest absolute Gasteiger partial charge is 0.756 e. The van der Waals surface area contributed by atoms with E-state index >= 15 is 0 Å². The number of ether oxygens (including phenoxy) is 10. The molecule has 3 saturated heterocycles. The molecule has 0 aliphatic carbocycles. The molecule has 0 radical (unpaired) electrons. The van der Waals surface area contributed by atoms with Crippen molar-refractivity contribution in [3.05, 3.63) is 0 Å². The third kappa shape index (κ3) is 33.2. The zero-order chi connectivity index (χ0) is 66.6. The summed E-state index contributed by atoms with van der Waals surface area (Å²) >= 11 is 0. The van der Waals surface area contributed by atoms with E-state index in [0.717, 1.165) is 0 Å². The first-order valence-electron chi connectivity index (χ1n) is 31.7. The number of rotatable bonds is 54. The molecule has 0 saturated carbocycles. The number of unbranched alkanes of at least 4 members (excludes halogenated alkanes) is 9. The maximum Gasteiger partial charge on any atom is 0.267 e. The summed E-state index contributed by atoms with van der Waals surface area (Å²) in [4.78, 5) is 37.6. The van der Waals surface area contributed by atoms with Crippen molar-refractivity contribution in [2.75, 3.05) is 126 Å². The molecule has 0 aromatic rings. The van der Waals surface area contributed by atoms with Crippen LogP contribution in [0.3, 0.4) is 0 Å². The quantitative estimate of drug-likeness (QED) is 0.0304. The Morgan fingerprint density at radius 2 is 0.611 bits per heavy atom. The highest BCUT2D eigenvalue weighted by molar-refractivity contribution is 7.46. The molecule has 536 valence electrons. The third-order valence-electron chi connectivity index (χ3n) is 15.3. The molecule has 34 heteroatoms. The van der Waals surface area contributed by atoms with E-state index in [1.54, 1.807) is 20.8 Å². The van der Waals surface area contributed by atoms with Crippen molar-refractivity contribution in [1.82, 2.24) is 0 Å². The van der Waals surface area contributed by atoms with E-state index in [2.05, 4.69) is 0 Å². The van der Waals surface area contributed by atoms with Crippen molar-refractivity contribution in [2.45, 2.75) is 211 Å². The van der Waals surface area contributed by atoms with Gasteiger partial charge in [0.25, 0.3) is 23.5 Å². The molecule has 31 nitrogen and oxygen atoms in total. The van der Waals surface area contributed by atoms with Crippen LogP contribution in [0.4, 0.5) is 0 Å². The van der Waals surface area contributed by atoms with Crippen LogP contribution in [0.1, 0.15) is 131 Å². The minimum atomic E-state index is -4.65. The molecule has 0 aromatic heterocycles. The standard InChI is InChI=1S/C56H111O31P3/c1-40(2)78-39-56(36-72-21-18-30-82-88(66,67)79-27-15-9-6-12-24-75-53-41(3)47(60)50(63)44(33-57)85-53,37-73-22-19-31-83-89(68,69)80-28-16-10-7-13-25-76-54-42(4)48(61)51(64)45(34-58)86-54)38-74-23-20-32-84-90(70,71)81-29-17-11-8-14-26-77-55-43(5)49(62)52(65)46(35-59)87-55/h40-55,57-65H,6-39H2,1-5H3,(H,66,67)(H,68,69)(H,70,71)/p-3/t41?,42?,43?,44?,45?,46?,47-,48-,49-,50+,51+,52+,53-,54-,55-,56?/m1/s1. The van der Waals surface area contributed by atoms with E-state index in [1.807, 2.05) is 13.8 Å². The zero-order valence-electron chi connectivity index (χ0n) is 53.1. The van der Waals surface area contributed by atoms with Gasteiger partial charge in [0.15, 0.2) is 18.9 Å². The zero-order valence-corrected chi connectivity index (χ0v) is 55.8. The number of hydrogen-bond donors (Lipinski definition) is 9. The lowest BCUT2D eigenvalue weighted by atomic mass is 9.92. The second-order valence-electron chi connectivity index (χ2n) is 23.5. The number of phosphoric acid groups is 3. The Morgan fingerprint density at radius 3 is 0.856 bits per heavy atom. The fourth-order valence-corrected chi connectivity index (χ4v) is 12.0. The number of aliphatic hydroxyl groups excluding tert-OH is 9. The van der Waals surface area contributed by atoms with Gasteiger partial charge in [-0.2, -0.15) is 0 Å². The Bertz CT molecular complexity index is 1760. The summed E-state index contributed by atoms with van der Waals surface area (Å²) < 4.78 is 126. The van der Waals surface area contributed by atoms with Crippen molar-refractivity contribution < 1.29 is 149 Å². The predicted molar refractivity (Wildman–Crippen MR) is 312 cm³/mol. The highest BCUT2D eigenvalue weighted by Gasteiger charge is 2.45. The van der Waals surface area contributed by atoms with Crippen LogP contribution in [0.2, 0.25) is 0 Å². The van der Waals surface area contributed by atoms with Crippen LogP contribution in [-0.2, 0) is 88.2 Å². The van der Waals surface area contributed by atoms with Gasteiger partial charge >= 0.3 is 0 Å². The predicted octanol–water partition coefficient (Wildman–Crippen LogP) is 1.08. The lowest BCUT2D eigenvalue weighted by Gasteiger charge is -2.40. The molecule has 3 fully saturated rings. The minimum Gasteiger partial charge on any atom is -0.756 e. The van der Waals surface area contributed by atoms with Gasteiger partial charge in [0.05, 0.1) is 116 Å². The van der Waals surface area contributed by atoms with Gasteiger partial charge in [0.2, 0.25) is 0 Å². The molecule has 3 aliphatic heterocycles. The van der Waals surface area contributed by atoms with E-state index < -0.39 is 140 Å². The fraction of sp³-hybridized carbons (Fsp3) is 1.00. The van der Waals surface area contributed by atoms with E-state index in [-0.39, 0.29) is 131 Å². The van der Waals surface area contributed by atoms with Crippen LogP contribution in [0, 0.1) is 23.2 Å². The summed E-state index contributed by atoms with van der Waals surface area (Å²) in [6.07, 6.45) is -5.10. The highest BCUT2D eigenvalue weighted by atomic mass is 31.2. The average molecular weight is 1370 g/mol. The Hall–Kier alpha value is -0.430. The summed E-state index contributed by atoms with van der Waals surface area (Å²) in [5.41, 5.74) is -0.979. The molecule has 3 rings (SSSR count). The van der Waals surface area contributed by atoms with Crippen molar-refractivity contribution in [2.24, 2.45) is 23.2 Å². The van der Waals surface area contributed by atoms with Crippen LogP contribution in [-0.4, -0.2) is 251 Å². The van der Waals surface area contributed by atoms with Crippen LogP contribution < -0.4 is 14.7 Å². The van der Waals surface area contributed by atoms with Crippen LogP contribution in [0.15, 0.2) is 0 Å². The van der Waals surface area contributed by atoms with E-state index in [9.17, 15) is 74.3 Å². The molecule has 0 bridgehead atoms. The normalized spacial score (nSPS) is 30.3. The van der Waals surface area contributed by atoms with Gasteiger partial charge in [0, 0.05) is 57.4 Å². The van der Waals surface area contributed by atoms with Crippen LogP contribution in [0.5, 0.6) is 0 Å².